The molecule has 0 aromatic heterocycles. The predicted octanol–water partition coefficient (Wildman–Crippen LogP) is 2.16. The Balaban J connectivity index is 1.42. The van der Waals surface area contributed by atoms with Crippen molar-refractivity contribution in [2.45, 2.75) is 12.5 Å². The lowest BCUT2D eigenvalue weighted by atomic mass is 10.1. The van der Waals surface area contributed by atoms with Crippen molar-refractivity contribution in [3.63, 3.8) is 0 Å². The molecule has 2 aromatic rings. The van der Waals surface area contributed by atoms with E-state index < -0.39 is 6.04 Å². The van der Waals surface area contributed by atoms with Crippen LogP contribution in [0, 0.1) is 0 Å². The number of piperazine rings is 1. The fourth-order valence-corrected chi connectivity index (χ4v) is 4.01. The lowest BCUT2D eigenvalue weighted by Crippen LogP contribution is -2.52. The third-order valence-electron chi connectivity index (χ3n) is 5.63. The molecule has 0 aliphatic carbocycles. The highest BCUT2D eigenvalue weighted by atomic mass is 16.5. The van der Waals surface area contributed by atoms with Crippen LogP contribution < -0.4 is 19.3 Å². The van der Waals surface area contributed by atoms with Gasteiger partial charge < -0.3 is 14.4 Å². The molecular weight excluding hydrogens is 370 g/mol. The van der Waals surface area contributed by atoms with Crippen molar-refractivity contribution in [1.29, 1.82) is 0 Å². The van der Waals surface area contributed by atoms with Crippen LogP contribution in [0.2, 0.25) is 0 Å². The summed E-state index contributed by atoms with van der Waals surface area (Å²) >= 11 is 0. The van der Waals surface area contributed by atoms with Gasteiger partial charge in [-0.3, -0.25) is 14.5 Å². The summed E-state index contributed by atoms with van der Waals surface area (Å²) in [5, 5.41) is 0. The molecule has 2 fully saturated rings. The SMILES string of the molecule is COc1ccc(N2CCN([C@@H]3CC(=O)N(c4cccc(OC)c4)C3=O)CC2)cc1. The van der Waals surface area contributed by atoms with Gasteiger partial charge in [-0.25, -0.2) is 4.90 Å². The maximum atomic E-state index is 13.0. The van der Waals surface area contributed by atoms with Gasteiger partial charge in [-0.15, -0.1) is 0 Å². The summed E-state index contributed by atoms with van der Waals surface area (Å²) in [5.74, 6) is 1.15. The highest BCUT2D eigenvalue weighted by Gasteiger charge is 2.43. The maximum Gasteiger partial charge on any atom is 0.251 e. The zero-order chi connectivity index (χ0) is 20.4. The van der Waals surface area contributed by atoms with Gasteiger partial charge in [0.1, 0.15) is 11.5 Å². The van der Waals surface area contributed by atoms with Gasteiger partial charge in [0.05, 0.1) is 32.4 Å². The summed E-state index contributed by atoms with van der Waals surface area (Å²) in [6, 6.07) is 14.7. The summed E-state index contributed by atoms with van der Waals surface area (Å²) in [5.41, 5.74) is 1.70. The number of amides is 2. The van der Waals surface area contributed by atoms with Gasteiger partial charge in [0.15, 0.2) is 0 Å². The minimum Gasteiger partial charge on any atom is -0.497 e. The van der Waals surface area contributed by atoms with E-state index in [9.17, 15) is 9.59 Å². The van der Waals surface area contributed by atoms with Crippen LogP contribution in [0.5, 0.6) is 11.5 Å². The molecule has 0 N–H and O–H groups in total. The number of methoxy groups -OCH3 is 2. The van der Waals surface area contributed by atoms with Crippen molar-refractivity contribution >= 4 is 23.2 Å². The number of anilines is 2. The Hall–Kier alpha value is -3.06. The van der Waals surface area contributed by atoms with E-state index in [1.54, 1.807) is 38.5 Å². The van der Waals surface area contributed by atoms with Crippen LogP contribution in [0.4, 0.5) is 11.4 Å². The minimum atomic E-state index is -0.397. The van der Waals surface area contributed by atoms with E-state index >= 15 is 0 Å². The standard InChI is InChI=1S/C22H25N3O4/c1-28-18-8-6-16(7-9-18)23-10-12-24(13-11-23)20-15-21(26)25(22(20)27)17-4-3-5-19(14-17)29-2/h3-9,14,20H,10-13,15H2,1-2H3/t20-/m1/s1. The van der Waals surface area contributed by atoms with Crippen LogP contribution in [0.1, 0.15) is 6.42 Å². The van der Waals surface area contributed by atoms with Crippen LogP contribution >= 0.6 is 0 Å². The number of carbonyl (C=O) groups excluding carboxylic acids is 2. The van der Waals surface area contributed by atoms with Crippen molar-refractivity contribution in [3.8, 4) is 11.5 Å². The van der Waals surface area contributed by atoms with Crippen LogP contribution in [-0.4, -0.2) is 63.2 Å². The van der Waals surface area contributed by atoms with E-state index in [1.807, 2.05) is 24.3 Å². The van der Waals surface area contributed by atoms with E-state index in [0.717, 1.165) is 37.6 Å². The van der Waals surface area contributed by atoms with E-state index in [0.29, 0.717) is 11.4 Å². The Morgan fingerprint density at radius 3 is 2.17 bits per heavy atom. The van der Waals surface area contributed by atoms with Crippen LogP contribution in [0.25, 0.3) is 0 Å². The Bertz CT molecular complexity index is 891. The summed E-state index contributed by atoms with van der Waals surface area (Å²) in [4.78, 5) is 31.3. The average molecular weight is 395 g/mol. The number of hydrogen-bond acceptors (Lipinski definition) is 6. The van der Waals surface area contributed by atoms with Gasteiger partial charge >= 0.3 is 0 Å². The monoisotopic (exact) mass is 395 g/mol. The highest BCUT2D eigenvalue weighted by molar-refractivity contribution is 6.22. The quantitative estimate of drug-likeness (QED) is 0.723. The molecular formula is C22H25N3O4. The van der Waals surface area contributed by atoms with Crippen LogP contribution in [0.15, 0.2) is 48.5 Å². The Kier molecular flexibility index (Phi) is 5.40. The molecule has 7 heteroatoms. The van der Waals surface area contributed by atoms with E-state index in [2.05, 4.69) is 9.80 Å². The van der Waals surface area contributed by atoms with Crippen LogP contribution in [0.3, 0.4) is 0 Å². The molecule has 2 aliphatic rings. The second-order valence-corrected chi connectivity index (χ2v) is 7.21. The fourth-order valence-electron chi connectivity index (χ4n) is 4.01. The van der Waals surface area contributed by atoms with Crippen molar-refractivity contribution in [3.05, 3.63) is 48.5 Å². The molecule has 0 unspecified atom stereocenters. The van der Waals surface area contributed by atoms with E-state index in [1.165, 1.54) is 4.90 Å². The lowest BCUT2D eigenvalue weighted by Gasteiger charge is -2.38. The molecule has 1 atom stereocenters. The first-order valence-electron chi connectivity index (χ1n) is 9.74. The zero-order valence-electron chi connectivity index (χ0n) is 16.7. The number of ether oxygens (including phenoxy) is 2. The predicted molar refractivity (Wildman–Crippen MR) is 111 cm³/mol. The Morgan fingerprint density at radius 2 is 1.52 bits per heavy atom. The molecule has 0 saturated carbocycles. The first kappa shape index (κ1) is 19.3. The number of imide groups is 1. The summed E-state index contributed by atoms with van der Waals surface area (Å²) in [6.45, 7) is 3.09. The first-order chi connectivity index (χ1) is 14.1. The molecule has 2 aliphatic heterocycles. The van der Waals surface area contributed by atoms with Gasteiger partial charge in [-0.2, -0.15) is 0 Å². The number of nitrogens with zero attached hydrogens (tertiary/aromatic N) is 3. The molecule has 0 spiro atoms. The number of carbonyl (C=O) groups is 2. The topological polar surface area (TPSA) is 62.3 Å². The van der Waals surface area contributed by atoms with Crippen LogP contribution in [-0.2, 0) is 9.59 Å². The molecule has 2 heterocycles. The summed E-state index contributed by atoms with van der Waals surface area (Å²) < 4.78 is 10.4. The van der Waals surface area contributed by atoms with Gasteiger partial charge in [-0.05, 0) is 36.4 Å². The summed E-state index contributed by atoms with van der Waals surface area (Å²) in [6.07, 6.45) is 0.221. The number of hydrogen-bond donors (Lipinski definition) is 0. The van der Waals surface area contributed by atoms with E-state index in [-0.39, 0.29) is 18.2 Å². The third kappa shape index (κ3) is 3.78. The third-order valence-corrected chi connectivity index (χ3v) is 5.63. The highest BCUT2D eigenvalue weighted by Crippen LogP contribution is 2.29. The van der Waals surface area contributed by atoms with Crippen molar-refractivity contribution in [2.75, 3.05) is 50.2 Å². The average Bonchev–Trinajstić information content (AvgIpc) is 3.08. The molecule has 4 rings (SSSR count). The lowest BCUT2D eigenvalue weighted by molar-refractivity contribution is -0.123. The molecule has 2 aromatic carbocycles. The fraction of sp³-hybridized carbons (Fsp3) is 0.364. The zero-order valence-corrected chi connectivity index (χ0v) is 16.7. The maximum absolute atomic E-state index is 13.0. The normalized spacial score (nSPS) is 20.3. The molecule has 2 amide bonds. The van der Waals surface area contributed by atoms with Crippen molar-refractivity contribution in [2.24, 2.45) is 0 Å². The molecule has 152 valence electrons. The van der Waals surface area contributed by atoms with Gasteiger partial charge in [0.25, 0.3) is 5.91 Å². The Morgan fingerprint density at radius 1 is 0.828 bits per heavy atom. The molecule has 0 radical (unpaired) electrons. The van der Waals surface area contributed by atoms with Gasteiger partial charge in [-0.1, -0.05) is 6.07 Å². The largest absolute Gasteiger partial charge is 0.497 e. The Labute approximate surface area is 170 Å². The first-order valence-corrected chi connectivity index (χ1v) is 9.74. The number of rotatable bonds is 5. The molecule has 29 heavy (non-hydrogen) atoms. The van der Waals surface area contributed by atoms with E-state index in [4.69, 9.17) is 9.47 Å². The molecule has 0 bridgehead atoms. The molecule has 2 saturated heterocycles. The van der Waals surface area contributed by atoms with Crippen molar-refractivity contribution in [1.82, 2.24) is 4.90 Å². The van der Waals surface area contributed by atoms with Gasteiger partial charge in [0, 0.05) is 37.9 Å². The van der Waals surface area contributed by atoms with Crippen molar-refractivity contribution < 1.29 is 19.1 Å². The second kappa shape index (κ2) is 8.13. The minimum absolute atomic E-state index is 0.152. The molecule has 7 nitrogen and oxygen atoms in total. The second-order valence-electron chi connectivity index (χ2n) is 7.21. The number of benzene rings is 2. The van der Waals surface area contributed by atoms with Gasteiger partial charge in [0.2, 0.25) is 5.91 Å². The summed E-state index contributed by atoms with van der Waals surface area (Å²) in [7, 11) is 3.22. The smallest absolute Gasteiger partial charge is 0.251 e.